The van der Waals surface area contributed by atoms with E-state index in [1.165, 1.54) is 0 Å². The molecule has 0 spiro atoms. The average molecular weight is 265 g/mol. The van der Waals surface area contributed by atoms with E-state index < -0.39 is 5.54 Å². The number of nitrogens with one attached hydrogen (secondary N) is 1. The van der Waals surface area contributed by atoms with Gasteiger partial charge in [0.2, 0.25) is 5.91 Å². The molecule has 2 aliphatic rings. The van der Waals surface area contributed by atoms with E-state index in [0.717, 1.165) is 51.5 Å². The number of hydrogen-bond acceptors (Lipinski definition) is 4. The number of aliphatic hydroxyl groups is 1. The third kappa shape index (κ3) is 3.92. The molecular formula is C14H23N3O2. The van der Waals surface area contributed by atoms with Gasteiger partial charge in [0.05, 0.1) is 18.7 Å². The van der Waals surface area contributed by atoms with Gasteiger partial charge in [-0.25, -0.2) is 0 Å². The lowest BCUT2D eigenvalue weighted by Gasteiger charge is -2.27. The fraction of sp³-hybridized carbons (Fsp3) is 0.857. The molecule has 19 heavy (non-hydrogen) atoms. The molecule has 1 atom stereocenters. The Labute approximate surface area is 114 Å². The van der Waals surface area contributed by atoms with Crippen molar-refractivity contribution < 1.29 is 9.90 Å². The van der Waals surface area contributed by atoms with Crippen LogP contribution in [0.2, 0.25) is 0 Å². The molecule has 106 valence electrons. The number of nitriles is 1. The van der Waals surface area contributed by atoms with Crippen molar-refractivity contribution >= 4 is 5.91 Å². The third-order valence-electron chi connectivity index (χ3n) is 4.16. The van der Waals surface area contributed by atoms with Crippen LogP contribution < -0.4 is 5.32 Å². The van der Waals surface area contributed by atoms with Gasteiger partial charge in [0.25, 0.3) is 0 Å². The van der Waals surface area contributed by atoms with Crippen molar-refractivity contribution in [2.75, 3.05) is 19.6 Å². The number of amides is 1. The van der Waals surface area contributed by atoms with Crippen molar-refractivity contribution in [2.45, 2.75) is 56.6 Å². The lowest BCUT2D eigenvalue weighted by Crippen LogP contribution is -2.50. The minimum atomic E-state index is -0.661. The zero-order chi connectivity index (χ0) is 13.7. The van der Waals surface area contributed by atoms with Gasteiger partial charge in [-0.3, -0.25) is 9.69 Å². The van der Waals surface area contributed by atoms with E-state index in [1.54, 1.807) is 0 Å². The molecule has 2 fully saturated rings. The van der Waals surface area contributed by atoms with Crippen LogP contribution in [0.15, 0.2) is 0 Å². The number of carbonyl (C=O) groups excluding carboxylic acids is 1. The quantitative estimate of drug-likeness (QED) is 0.740. The van der Waals surface area contributed by atoms with Crippen LogP contribution in [0.3, 0.4) is 0 Å². The highest BCUT2D eigenvalue weighted by Gasteiger charge is 2.33. The molecule has 0 aromatic heterocycles. The Hall–Kier alpha value is -1.12. The summed E-state index contributed by atoms with van der Waals surface area (Å²) in [6, 6.07) is 2.32. The van der Waals surface area contributed by atoms with E-state index >= 15 is 0 Å². The number of rotatable bonds is 3. The van der Waals surface area contributed by atoms with Crippen LogP contribution in [0.5, 0.6) is 0 Å². The zero-order valence-corrected chi connectivity index (χ0v) is 11.4. The van der Waals surface area contributed by atoms with Crippen LogP contribution in [0, 0.1) is 11.3 Å². The van der Waals surface area contributed by atoms with Crippen molar-refractivity contribution in [3.05, 3.63) is 0 Å². The van der Waals surface area contributed by atoms with E-state index in [1.807, 2.05) is 4.90 Å². The average Bonchev–Trinajstić information content (AvgIpc) is 2.65. The Kier molecular flexibility index (Phi) is 4.78. The fourth-order valence-electron chi connectivity index (χ4n) is 3.06. The molecule has 5 heteroatoms. The second kappa shape index (κ2) is 6.36. The number of hydrogen-bond donors (Lipinski definition) is 2. The zero-order valence-electron chi connectivity index (χ0n) is 11.4. The number of likely N-dealkylation sites (tertiary alicyclic amines) is 1. The smallest absolute Gasteiger partial charge is 0.235 e. The molecular weight excluding hydrogens is 242 g/mol. The maximum absolute atomic E-state index is 12.1. The predicted octanol–water partition coefficient (Wildman–Crippen LogP) is 0.786. The van der Waals surface area contributed by atoms with Crippen molar-refractivity contribution in [3.8, 4) is 6.07 Å². The first-order valence-electron chi connectivity index (χ1n) is 7.26. The molecule has 1 heterocycles. The molecule has 2 rings (SSSR count). The second-order valence-electron chi connectivity index (χ2n) is 5.83. The minimum Gasteiger partial charge on any atom is -0.392 e. The summed E-state index contributed by atoms with van der Waals surface area (Å²) >= 11 is 0. The molecule has 1 amide bonds. The molecule has 0 radical (unpaired) electrons. The van der Waals surface area contributed by atoms with Gasteiger partial charge >= 0.3 is 0 Å². The van der Waals surface area contributed by atoms with E-state index in [-0.39, 0.29) is 12.0 Å². The van der Waals surface area contributed by atoms with Crippen LogP contribution in [-0.2, 0) is 4.79 Å². The molecule has 1 aliphatic carbocycles. The first-order valence-corrected chi connectivity index (χ1v) is 7.26. The summed E-state index contributed by atoms with van der Waals surface area (Å²) in [6.07, 6.45) is 6.27. The monoisotopic (exact) mass is 265 g/mol. The Morgan fingerprint density at radius 2 is 2.05 bits per heavy atom. The maximum Gasteiger partial charge on any atom is 0.235 e. The highest BCUT2D eigenvalue weighted by molar-refractivity contribution is 5.79. The van der Waals surface area contributed by atoms with Gasteiger partial charge < -0.3 is 10.4 Å². The summed E-state index contributed by atoms with van der Waals surface area (Å²) in [6.45, 7) is 1.61. The standard InChI is InChI=1S/C14H23N3O2/c15-11-14(6-3-1-2-4-7-14)16-13(19)10-17-8-5-12(18)9-17/h12,18H,1-10H2,(H,16,19)/t12-/m1/s1. The maximum atomic E-state index is 12.1. The van der Waals surface area contributed by atoms with Gasteiger partial charge in [0, 0.05) is 13.1 Å². The molecule has 1 aliphatic heterocycles. The molecule has 1 saturated heterocycles. The highest BCUT2D eigenvalue weighted by atomic mass is 16.3. The van der Waals surface area contributed by atoms with Crippen LogP contribution >= 0.6 is 0 Å². The molecule has 1 saturated carbocycles. The molecule has 2 N–H and O–H groups in total. The first-order chi connectivity index (χ1) is 9.13. The summed E-state index contributed by atoms with van der Waals surface area (Å²) in [5, 5.41) is 21.8. The Bertz CT molecular complexity index is 356. The van der Waals surface area contributed by atoms with Crippen molar-refractivity contribution in [2.24, 2.45) is 0 Å². The summed E-state index contributed by atoms with van der Waals surface area (Å²) in [7, 11) is 0. The Morgan fingerprint density at radius 1 is 1.37 bits per heavy atom. The molecule has 0 aromatic rings. The molecule has 5 nitrogen and oxygen atoms in total. The summed E-state index contributed by atoms with van der Waals surface area (Å²) in [5.41, 5.74) is -0.661. The topological polar surface area (TPSA) is 76.4 Å². The van der Waals surface area contributed by atoms with E-state index in [9.17, 15) is 15.2 Å². The first kappa shape index (κ1) is 14.3. The highest BCUT2D eigenvalue weighted by Crippen LogP contribution is 2.26. The second-order valence-corrected chi connectivity index (χ2v) is 5.83. The van der Waals surface area contributed by atoms with Gasteiger partial charge in [-0.05, 0) is 19.3 Å². The number of aliphatic hydroxyl groups excluding tert-OH is 1. The van der Waals surface area contributed by atoms with E-state index in [4.69, 9.17) is 0 Å². The van der Waals surface area contributed by atoms with Crippen LogP contribution in [-0.4, -0.2) is 47.2 Å². The van der Waals surface area contributed by atoms with Crippen LogP contribution in [0.25, 0.3) is 0 Å². The van der Waals surface area contributed by atoms with Crippen LogP contribution in [0.4, 0.5) is 0 Å². The van der Waals surface area contributed by atoms with Crippen molar-refractivity contribution in [1.29, 1.82) is 5.26 Å². The summed E-state index contributed by atoms with van der Waals surface area (Å²) < 4.78 is 0. The largest absolute Gasteiger partial charge is 0.392 e. The summed E-state index contributed by atoms with van der Waals surface area (Å²) in [4.78, 5) is 14.0. The normalized spacial score (nSPS) is 27.5. The van der Waals surface area contributed by atoms with Gasteiger partial charge in [-0.1, -0.05) is 25.7 Å². The number of nitrogens with zero attached hydrogens (tertiary/aromatic N) is 2. The van der Waals surface area contributed by atoms with Crippen LogP contribution in [0.1, 0.15) is 44.9 Å². The van der Waals surface area contributed by atoms with Gasteiger partial charge in [0.15, 0.2) is 0 Å². The Morgan fingerprint density at radius 3 is 2.58 bits per heavy atom. The van der Waals surface area contributed by atoms with Gasteiger partial charge in [-0.2, -0.15) is 5.26 Å². The van der Waals surface area contributed by atoms with Crippen molar-refractivity contribution in [1.82, 2.24) is 10.2 Å². The van der Waals surface area contributed by atoms with Gasteiger partial charge in [-0.15, -0.1) is 0 Å². The lowest BCUT2D eigenvalue weighted by molar-refractivity contribution is -0.123. The van der Waals surface area contributed by atoms with E-state index in [2.05, 4.69) is 11.4 Å². The Balaban J connectivity index is 1.87. The van der Waals surface area contributed by atoms with Crippen molar-refractivity contribution in [3.63, 3.8) is 0 Å². The molecule has 0 unspecified atom stereocenters. The lowest BCUT2D eigenvalue weighted by atomic mass is 9.92. The van der Waals surface area contributed by atoms with Gasteiger partial charge in [0.1, 0.15) is 5.54 Å². The van der Waals surface area contributed by atoms with E-state index in [0.29, 0.717) is 13.1 Å². The SMILES string of the molecule is N#CC1(NC(=O)CN2CC[C@@H](O)C2)CCCCCC1. The third-order valence-corrected chi connectivity index (χ3v) is 4.16. The predicted molar refractivity (Wildman–Crippen MR) is 71.3 cm³/mol. The molecule has 0 bridgehead atoms. The number of β-amino-alcohol motifs (C(OH)–C–C–N with tert-alkyl or cyclic N) is 1. The fourth-order valence-corrected chi connectivity index (χ4v) is 3.06. The molecule has 0 aromatic carbocycles. The minimum absolute atomic E-state index is 0.0856. The number of carbonyl (C=O) groups is 1. The summed E-state index contributed by atoms with van der Waals surface area (Å²) in [5.74, 6) is -0.0856.